The summed E-state index contributed by atoms with van der Waals surface area (Å²) in [7, 11) is 0. The molecule has 0 unspecified atom stereocenters. The Morgan fingerprint density at radius 1 is 1.56 bits per heavy atom. The van der Waals surface area contributed by atoms with Gasteiger partial charge in [0.2, 0.25) is 0 Å². The first-order valence-corrected chi connectivity index (χ1v) is 2.53. The van der Waals surface area contributed by atoms with Crippen molar-refractivity contribution < 1.29 is 14.7 Å². The van der Waals surface area contributed by atoms with Gasteiger partial charge in [-0.3, -0.25) is 4.79 Å². The van der Waals surface area contributed by atoms with Crippen LogP contribution in [-0.4, -0.2) is 11.8 Å². The molecule has 0 saturated heterocycles. The van der Waals surface area contributed by atoms with Crippen molar-refractivity contribution in [3.63, 3.8) is 0 Å². The minimum atomic E-state index is -1.62. The van der Waals surface area contributed by atoms with Crippen LogP contribution in [0.5, 0.6) is 0 Å². The summed E-state index contributed by atoms with van der Waals surface area (Å²) in [5.74, 6) is -2.50. The minimum absolute atomic E-state index is 0.0706. The van der Waals surface area contributed by atoms with Crippen LogP contribution in [0.15, 0.2) is 12.2 Å². The van der Waals surface area contributed by atoms with Gasteiger partial charge in [0.25, 0.3) is 0 Å². The second-order valence-corrected chi connectivity index (χ2v) is 1.48. The van der Waals surface area contributed by atoms with E-state index in [4.69, 9.17) is 0 Å². The fourth-order valence-electron chi connectivity index (χ4n) is 0.308. The zero-order valence-electron chi connectivity index (χ0n) is 5.09. The van der Waals surface area contributed by atoms with E-state index in [-0.39, 0.29) is 6.42 Å². The lowest BCUT2D eigenvalue weighted by Gasteiger charge is -1.93. The molecular formula is C6H7O3-. The minimum Gasteiger partial charge on any atom is -0.542 e. The first-order valence-electron chi connectivity index (χ1n) is 2.53. The van der Waals surface area contributed by atoms with Gasteiger partial charge in [-0.05, 0) is 6.92 Å². The van der Waals surface area contributed by atoms with Gasteiger partial charge in [-0.1, -0.05) is 12.2 Å². The van der Waals surface area contributed by atoms with Gasteiger partial charge in [0.1, 0.15) is 5.97 Å². The van der Waals surface area contributed by atoms with Crippen LogP contribution in [0.25, 0.3) is 0 Å². The molecule has 0 amide bonds. The number of carbonyl (C=O) groups excluding carboxylic acids is 2. The van der Waals surface area contributed by atoms with Crippen LogP contribution >= 0.6 is 0 Å². The third-order valence-corrected chi connectivity index (χ3v) is 0.767. The summed E-state index contributed by atoms with van der Waals surface area (Å²) in [4.78, 5) is 19.9. The van der Waals surface area contributed by atoms with Gasteiger partial charge >= 0.3 is 0 Å². The molecule has 0 saturated carbocycles. The van der Waals surface area contributed by atoms with Gasteiger partial charge in [-0.25, -0.2) is 0 Å². The van der Waals surface area contributed by atoms with E-state index in [2.05, 4.69) is 0 Å². The van der Waals surface area contributed by atoms with Gasteiger partial charge in [0.05, 0.1) is 0 Å². The van der Waals surface area contributed by atoms with Gasteiger partial charge in [0.15, 0.2) is 5.78 Å². The third kappa shape index (κ3) is 3.46. The standard InChI is InChI=1S/C6H8O3/c1-2-3-4-5(7)6(8)9/h2-3H,4H2,1H3,(H,8,9)/p-1/b3-2-. The molecule has 0 atom stereocenters. The van der Waals surface area contributed by atoms with E-state index in [9.17, 15) is 14.7 Å². The lowest BCUT2D eigenvalue weighted by molar-refractivity contribution is -0.299. The Hall–Kier alpha value is -1.12. The lowest BCUT2D eigenvalue weighted by Crippen LogP contribution is -2.30. The van der Waals surface area contributed by atoms with E-state index in [1.54, 1.807) is 13.0 Å². The second-order valence-electron chi connectivity index (χ2n) is 1.48. The molecule has 0 radical (unpaired) electrons. The van der Waals surface area contributed by atoms with E-state index < -0.39 is 11.8 Å². The predicted octanol–water partition coefficient (Wildman–Crippen LogP) is -0.728. The summed E-state index contributed by atoms with van der Waals surface area (Å²) in [6.45, 7) is 1.71. The number of rotatable bonds is 3. The summed E-state index contributed by atoms with van der Waals surface area (Å²) in [6.07, 6.45) is 3.01. The maximum Gasteiger partial charge on any atom is 0.182 e. The smallest absolute Gasteiger partial charge is 0.182 e. The van der Waals surface area contributed by atoms with E-state index in [1.165, 1.54) is 6.08 Å². The van der Waals surface area contributed by atoms with Crippen molar-refractivity contribution in [3.05, 3.63) is 12.2 Å². The molecule has 0 aliphatic rings. The fraction of sp³-hybridized carbons (Fsp3) is 0.333. The molecule has 50 valence electrons. The Bertz CT molecular complexity index is 146. The van der Waals surface area contributed by atoms with E-state index in [1.807, 2.05) is 0 Å². The summed E-state index contributed by atoms with van der Waals surface area (Å²) >= 11 is 0. The number of aliphatic carboxylic acids is 1. The number of carboxylic acids is 1. The highest BCUT2D eigenvalue weighted by Gasteiger charge is 1.96. The van der Waals surface area contributed by atoms with E-state index in [0.717, 1.165) is 0 Å². The van der Waals surface area contributed by atoms with Crippen molar-refractivity contribution in [1.29, 1.82) is 0 Å². The number of Topliss-reactive ketones (excluding diaryl/α,β-unsaturated/α-hetero) is 1. The molecule has 0 fully saturated rings. The molecule has 0 heterocycles. The van der Waals surface area contributed by atoms with Crippen LogP contribution in [0.1, 0.15) is 13.3 Å². The van der Waals surface area contributed by atoms with Gasteiger partial charge < -0.3 is 9.90 Å². The quantitative estimate of drug-likeness (QED) is 0.371. The largest absolute Gasteiger partial charge is 0.542 e. The summed E-state index contributed by atoms with van der Waals surface area (Å²) in [5.41, 5.74) is 0. The Morgan fingerprint density at radius 2 is 2.11 bits per heavy atom. The summed E-state index contributed by atoms with van der Waals surface area (Å²) in [6, 6.07) is 0. The molecule has 0 spiro atoms. The molecule has 0 aromatic heterocycles. The van der Waals surface area contributed by atoms with Crippen molar-refractivity contribution in [2.24, 2.45) is 0 Å². The topological polar surface area (TPSA) is 57.2 Å². The van der Waals surface area contributed by atoms with Crippen LogP contribution < -0.4 is 5.11 Å². The Balaban J connectivity index is 3.65. The highest BCUT2D eigenvalue weighted by molar-refractivity contribution is 6.31. The zero-order valence-corrected chi connectivity index (χ0v) is 5.09. The number of carbonyl (C=O) groups is 2. The second kappa shape index (κ2) is 3.83. The molecule has 0 bridgehead atoms. The number of allylic oxidation sites excluding steroid dienone is 2. The highest BCUT2D eigenvalue weighted by atomic mass is 16.4. The monoisotopic (exact) mass is 127 g/mol. The maximum atomic E-state index is 10.2. The molecule has 9 heavy (non-hydrogen) atoms. The van der Waals surface area contributed by atoms with Crippen LogP contribution in [0.4, 0.5) is 0 Å². The van der Waals surface area contributed by atoms with Crippen LogP contribution in [0.2, 0.25) is 0 Å². The van der Waals surface area contributed by atoms with Crippen molar-refractivity contribution in [3.8, 4) is 0 Å². The molecule has 0 aromatic rings. The lowest BCUT2D eigenvalue weighted by atomic mass is 10.3. The zero-order chi connectivity index (χ0) is 7.28. The molecule has 3 nitrogen and oxygen atoms in total. The molecule has 0 aliphatic heterocycles. The van der Waals surface area contributed by atoms with Gasteiger partial charge in [0, 0.05) is 6.42 Å². The van der Waals surface area contributed by atoms with Gasteiger partial charge in [-0.15, -0.1) is 0 Å². The Kier molecular flexibility index (Phi) is 3.35. The predicted molar refractivity (Wildman–Crippen MR) is 29.4 cm³/mol. The molecule has 0 rings (SSSR count). The van der Waals surface area contributed by atoms with Crippen LogP contribution in [-0.2, 0) is 9.59 Å². The van der Waals surface area contributed by atoms with Crippen molar-refractivity contribution in [1.82, 2.24) is 0 Å². The van der Waals surface area contributed by atoms with E-state index >= 15 is 0 Å². The number of carboxylic acid groups (broad SMARTS) is 1. The van der Waals surface area contributed by atoms with E-state index in [0.29, 0.717) is 0 Å². The molecule has 0 N–H and O–H groups in total. The third-order valence-electron chi connectivity index (χ3n) is 0.767. The van der Waals surface area contributed by atoms with Crippen LogP contribution in [0, 0.1) is 0 Å². The Labute approximate surface area is 53.0 Å². The molecular weight excluding hydrogens is 120 g/mol. The van der Waals surface area contributed by atoms with Crippen molar-refractivity contribution >= 4 is 11.8 Å². The van der Waals surface area contributed by atoms with Crippen LogP contribution in [0.3, 0.4) is 0 Å². The number of hydrogen-bond acceptors (Lipinski definition) is 3. The SMILES string of the molecule is C/C=C\CC(=O)C(=O)[O-]. The van der Waals surface area contributed by atoms with Gasteiger partial charge in [-0.2, -0.15) is 0 Å². The average molecular weight is 127 g/mol. The average Bonchev–Trinajstić information content (AvgIpc) is 1.82. The highest BCUT2D eigenvalue weighted by Crippen LogP contribution is 1.82. The number of ketones is 1. The first-order chi connectivity index (χ1) is 4.18. The maximum absolute atomic E-state index is 10.2. The number of hydrogen-bond donors (Lipinski definition) is 0. The summed E-state index contributed by atoms with van der Waals surface area (Å²) in [5, 5.41) is 9.71. The molecule has 3 heteroatoms. The normalized spacial score (nSPS) is 9.89. The Morgan fingerprint density at radius 3 is 2.44 bits per heavy atom. The molecule has 0 aliphatic carbocycles. The van der Waals surface area contributed by atoms with Crippen molar-refractivity contribution in [2.75, 3.05) is 0 Å². The molecule has 0 aromatic carbocycles. The first kappa shape index (κ1) is 7.88. The fourth-order valence-corrected chi connectivity index (χ4v) is 0.308. The van der Waals surface area contributed by atoms with Crippen molar-refractivity contribution in [2.45, 2.75) is 13.3 Å². The summed E-state index contributed by atoms with van der Waals surface area (Å²) < 4.78 is 0.